The molecule has 0 saturated carbocycles. The first kappa shape index (κ1) is 53.4. The quantitative estimate of drug-likeness (QED) is 0.0241. The molecule has 3 unspecified atom stereocenters. The number of anilines is 1. The van der Waals surface area contributed by atoms with Crippen LogP contribution in [0.5, 0.6) is 0 Å². The van der Waals surface area contributed by atoms with Crippen molar-refractivity contribution in [3.8, 4) is 0 Å². The van der Waals surface area contributed by atoms with Gasteiger partial charge < -0.3 is 39.9 Å². The summed E-state index contributed by atoms with van der Waals surface area (Å²) in [5, 5.41) is 20.8. The number of phosphoric acid groups is 2. The molecule has 0 aliphatic carbocycles. The number of esters is 1. The number of rotatable bonds is 37. The Labute approximate surface area is 351 Å². The molecule has 6 N–H and O–H groups in total. The second kappa shape index (κ2) is 31.1. The molecule has 19 heteroatoms. The molecule has 0 spiro atoms. The smallest absolute Gasteiger partial charge is 0.457 e. The molecule has 1 aromatic heterocycles. The van der Waals surface area contributed by atoms with Gasteiger partial charge in [0, 0.05) is 19.2 Å². The third kappa shape index (κ3) is 24.5. The number of ether oxygens (including phenoxy) is 3. The maximum absolute atomic E-state index is 12.8. The molecule has 1 aliphatic heterocycles. The predicted molar refractivity (Wildman–Crippen MR) is 224 cm³/mol. The number of nitrogens with two attached hydrogens (primary N) is 1. The number of hydrogen-bond donors (Lipinski definition) is 5. The van der Waals surface area contributed by atoms with E-state index in [0.29, 0.717) is 13.0 Å². The van der Waals surface area contributed by atoms with Gasteiger partial charge in [-0.1, -0.05) is 149 Å². The Hall–Kier alpha value is -1.75. The molecule has 2 rings (SSSR count). The fraction of sp³-hybridized carbons (Fsp3) is 0.875. The van der Waals surface area contributed by atoms with Crippen molar-refractivity contribution in [1.82, 2.24) is 9.55 Å². The molecule has 0 radical (unpaired) electrons. The van der Waals surface area contributed by atoms with E-state index in [1.165, 1.54) is 109 Å². The molecule has 1 aliphatic rings. The van der Waals surface area contributed by atoms with Gasteiger partial charge in [-0.2, -0.15) is 9.29 Å². The van der Waals surface area contributed by atoms with Crippen molar-refractivity contribution >= 4 is 27.4 Å². The van der Waals surface area contributed by atoms with E-state index >= 15 is 0 Å². The number of aliphatic hydroxyl groups excluding tert-OH is 2. The van der Waals surface area contributed by atoms with Crippen LogP contribution in [0.4, 0.5) is 5.82 Å². The van der Waals surface area contributed by atoms with Crippen LogP contribution in [0.15, 0.2) is 17.1 Å². The van der Waals surface area contributed by atoms with Crippen molar-refractivity contribution in [1.29, 1.82) is 0 Å². The van der Waals surface area contributed by atoms with Gasteiger partial charge in [-0.15, -0.1) is 0 Å². The molecular formula is C40H75N3O14P2. The second-order valence-corrected chi connectivity index (χ2v) is 18.6. The number of hydrogen-bond acceptors (Lipinski definition) is 14. The largest absolute Gasteiger partial charge is 0.481 e. The van der Waals surface area contributed by atoms with E-state index < -0.39 is 71.2 Å². The van der Waals surface area contributed by atoms with Gasteiger partial charge in [0.1, 0.15) is 30.2 Å². The standard InChI is InChI=1S/C40H75N3O14P2/c1-3-5-7-9-11-13-15-16-17-18-20-22-24-26-36(44)55-33(30-52-29-25-23-21-19-14-12-10-8-6-4-2)31-53-58(48,49)57-59(50,51)54-32-34-37(45)38(46)39(56-34)43-28-27-35(41)42-40(43)47/h27-28,33-34,37-39,45-46H,3-26,29-32H2,1-2H3,(H,48,49)(H,50,51)(H2,41,42,47)/t33?,34-,37-,38+,39-/m1/s1. The number of carbonyl (C=O) groups is 1. The summed E-state index contributed by atoms with van der Waals surface area (Å²) in [6.45, 7) is 3.09. The zero-order valence-electron chi connectivity index (χ0n) is 35.6. The van der Waals surface area contributed by atoms with Gasteiger partial charge in [-0.05, 0) is 18.9 Å². The van der Waals surface area contributed by atoms with Crippen molar-refractivity contribution in [2.24, 2.45) is 0 Å². The molecule has 7 atom stereocenters. The van der Waals surface area contributed by atoms with Crippen LogP contribution in [0, 0.1) is 0 Å². The summed E-state index contributed by atoms with van der Waals surface area (Å²) in [6.07, 6.45) is 20.6. The summed E-state index contributed by atoms with van der Waals surface area (Å²) in [7, 11) is -10.6. The normalized spacial score (nSPS) is 20.6. The molecule has 0 amide bonds. The maximum Gasteiger partial charge on any atom is 0.481 e. The van der Waals surface area contributed by atoms with E-state index in [2.05, 4.69) is 23.1 Å². The Kier molecular flexibility index (Phi) is 28.2. The van der Waals surface area contributed by atoms with Crippen LogP contribution in [0.2, 0.25) is 0 Å². The number of phosphoric ester groups is 2. The number of nitrogens with zero attached hydrogens (tertiary/aromatic N) is 2. The molecule has 1 saturated heterocycles. The Bertz CT molecular complexity index is 1420. The molecule has 2 heterocycles. The van der Waals surface area contributed by atoms with Crippen LogP contribution in [0.3, 0.4) is 0 Å². The Morgan fingerprint density at radius 1 is 0.763 bits per heavy atom. The van der Waals surface area contributed by atoms with Crippen LogP contribution in [-0.4, -0.2) is 86.4 Å². The SMILES string of the molecule is CCCCCCCCCCCCCCCC(=O)OC(COCCCCCCCCCCCC)COP(=O)(O)OP(=O)(O)OC[C@H]1O[C@@H](n2ccc(N)nc2=O)[C@@H](O)[C@@H]1O. The van der Waals surface area contributed by atoms with Crippen molar-refractivity contribution in [3.05, 3.63) is 22.7 Å². The molecule has 1 fully saturated rings. The van der Waals surface area contributed by atoms with Gasteiger partial charge >= 0.3 is 27.3 Å². The zero-order valence-corrected chi connectivity index (χ0v) is 37.4. The zero-order chi connectivity index (χ0) is 43.4. The average Bonchev–Trinajstić information content (AvgIpc) is 3.46. The highest BCUT2D eigenvalue weighted by Crippen LogP contribution is 2.60. The predicted octanol–water partition coefficient (Wildman–Crippen LogP) is 8.03. The number of aromatic nitrogens is 2. The molecule has 1 aromatic rings. The van der Waals surface area contributed by atoms with Gasteiger partial charge in [-0.25, -0.2) is 13.9 Å². The van der Waals surface area contributed by atoms with E-state index in [1.54, 1.807) is 0 Å². The van der Waals surface area contributed by atoms with Gasteiger partial charge in [0.05, 0.1) is 19.8 Å². The minimum absolute atomic E-state index is 0.0837. The van der Waals surface area contributed by atoms with Gasteiger partial charge in [0.25, 0.3) is 0 Å². The van der Waals surface area contributed by atoms with Crippen molar-refractivity contribution in [3.63, 3.8) is 0 Å². The minimum Gasteiger partial charge on any atom is -0.457 e. The number of nitrogen functional groups attached to an aromatic ring is 1. The number of aliphatic hydroxyl groups is 2. The lowest BCUT2D eigenvalue weighted by Gasteiger charge is -2.21. The Morgan fingerprint density at radius 2 is 1.25 bits per heavy atom. The first-order valence-electron chi connectivity index (χ1n) is 22.1. The van der Waals surface area contributed by atoms with Crippen LogP contribution in [0.1, 0.15) is 174 Å². The summed E-state index contributed by atoms with van der Waals surface area (Å²) in [6, 6.07) is 1.26. The maximum atomic E-state index is 12.8. The van der Waals surface area contributed by atoms with Crippen molar-refractivity contribution in [2.45, 2.75) is 199 Å². The fourth-order valence-corrected chi connectivity index (χ4v) is 8.90. The van der Waals surface area contributed by atoms with Gasteiger partial charge in [0.15, 0.2) is 6.23 Å². The summed E-state index contributed by atoms with van der Waals surface area (Å²) in [5.74, 6) is -0.610. The Morgan fingerprint density at radius 3 is 1.78 bits per heavy atom. The highest BCUT2D eigenvalue weighted by molar-refractivity contribution is 7.61. The lowest BCUT2D eigenvalue weighted by molar-refractivity contribution is -0.154. The van der Waals surface area contributed by atoms with E-state index in [0.717, 1.165) is 49.5 Å². The number of unbranched alkanes of at least 4 members (excludes halogenated alkanes) is 21. The number of carbonyl (C=O) groups excluding carboxylic acids is 1. The van der Waals surface area contributed by atoms with Crippen LogP contribution < -0.4 is 11.4 Å². The van der Waals surface area contributed by atoms with Crippen molar-refractivity contribution < 1.29 is 61.5 Å². The van der Waals surface area contributed by atoms with Crippen LogP contribution in [0.25, 0.3) is 0 Å². The first-order chi connectivity index (χ1) is 28.3. The van der Waals surface area contributed by atoms with Crippen molar-refractivity contribution in [2.75, 3.05) is 32.2 Å². The fourth-order valence-electron chi connectivity index (χ4n) is 6.79. The highest BCUT2D eigenvalue weighted by Gasteiger charge is 2.46. The average molecular weight is 884 g/mol. The van der Waals surface area contributed by atoms with E-state index in [9.17, 15) is 38.7 Å². The Balaban J connectivity index is 1.80. The summed E-state index contributed by atoms with van der Waals surface area (Å²) >= 11 is 0. The first-order valence-corrected chi connectivity index (χ1v) is 25.1. The lowest BCUT2D eigenvalue weighted by atomic mass is 10.0. The lowest BCUT2D eigenvalue weighted by Crippen LogP contribution is -2.36. The minimum atomic E-state index is -5.34. The molecular weight excluding hydrogens is 808 g/mol. The summed E-state index contributed by atoms with van der Waals surface area (Å²) < 4.78 is 57.2. The van der Waals surface area contributed by atoms with E-state index in [-0.39, 0.29) is 18.8 Å². The third-order valence-electron chi connectivity index (χ3n) is 10.2. The highest BCUT2D eigenvalue weighted by atomic mass is 31.3. The van der Waals surface area contributed by atoms with Gasteiger partial charge in [-0.3, -0.25) is 18.4 Å². The molecule has 0 bridgehead atoms. The molecule has 344 valence electrons. The molecule has 0 aromatic carbocycles. The summed E-state index contributed by atoms with van der Waals surface area (Å²) in [5.41, 5.74) is 4.60. The van der Waals surface area contributed by atoms with E-state index in [4.69, 9.17) is 29.0 Å². The molecule has 59 heavy (non-hydrogen) atoms. The van der Waals surface area contributed by atoms with E-state index in [1.807, 2.05) is 0 Å². The second-order valence-electron chi connectivity index (χ2n) is 15.6. The van der Waals surface area contributed by atoms with Crippen LogP contribution >= 0.6 is 15.6 Å². The molecule has 17 nitrogen and oxygen atoms in total. The van der Waals surface area contributed by atoms with Gasteiger partial charge in [0.2, 0.25) is 0 Å². The topological polar surface area (TPSA) is 248 Å². The monoisotopic (exact) mass is 883 g/mol. The van der Waals surface area contributed by atoms with Crippen LogP contribution in [-0.2, 0) is 41.5 Å². The third-order valence-corrected chi connectivity index (χ3v) is 12.8. The summed E-state index contributed by atoms with van der Waals surface area (Å²) in [4.78, 5) is 49.0.